The number of benzene rings is 3. The van der Waals surface area contributed by atoms with Crippen LogP contribution in [0.4, 0.5) is 5.69 Å². The van der Waals surface area contributed by atoms with E-state index in [-0.39, 0.29) is 16.4 Å². The number of sulfonamides is 1. The summed E-state index contributed by atoms with van der Waals surface area (Å²) in [6, 6.07) is 20.6. The summed E-state index contributed by atoms with van der Waals surface area (Å²) in [6.45, 7) is 4.48. The molecule has 3 aromatic carbocycles. The van der Waals surface area contributed by atoms with Gasteiger partial charge in [0.05, 0.1) is 11.4 Å². The van der Waals surface area contributed by atoms with Crippen LogP contribution in [-0.2, 0) is 10.0 Å². The van der Waals surface area contributed by atoms with Gasteiger partial charge in [-0.3, -0.25) is 9.52 Å². The second-order valence-electron chi connectivity index (χ2n) is 6.92. The molecule has 0 heterocycles. The Labute approximate surface area is 177 Å². The molecular weight excluding hydrogens is 400 g/mol. The van der Waals surface area contributed by atoms with Crippen LogP contribution in [0.3, 0.4) is 0 Å². The summed E-state index contributed by atoms with van der Waals surface area (Å²) in [5, 5.41) is 2.74. The molecule has 6 nitrogen and oxygen atoms in total. The molecule has 0 saturated heterocycles. The van der Waals surface area contributed by atoms with Crippen molar-refractivity contribution in [3.8, 4) is 5.75 Å². The van der Waals surface area contributed by atoms with E-state index < -0.39 is 10.0 Å². The van der Waals surface area contributed by atoms with Crippen LogP contribution in [0.25, 0.3) is 0 Å². The number of nitrogens with one attached hydrogen (secondary N) is 2. The van der Waals surface area contributed by atoms with Crippen molar-refractivity contribution in [3.05, 3.63) is 89.5 Å². The van der Waals surface area contributed by atoms with Gasteiger partial charge in [0.25, 0.3) is 15.9 Å². The topological polar surface area (TPSA) is 84.5 Å². The second kappa shape index (κ2) is 9.45. The fourth-order valence-electron chi connectivity index (χ4n) is 2.80. The van der Waals surface area contributed by atoms with Gasteiger partial charge >= 0.3 is 0 Å². The van der Waals surface area contributed by atoms with Crippen molar-refractivity contribution in [3.63, 3.8) is 0 Å². The number of carbonyl (C=O) groups is 1. The van der Waals surface area contributed by atoms with E-state index in [4.69, 9.17) is 4.74 Å². The quantitative estimate of drug-likeness (QED) is 0.537. The molecule has 0 spiro atoms. The zero-order valence-corrected chi connectivity index (χ0v) is 17.7. The van der Waals surface area contributed by atoms with Crippen LogP contribution in [0.5, 0.6) is 5.75 Å². The Morgan fingerprint density at radius 2 is 1.63 bits per heavy atom. The molecule has 0 fully saturated rings. The van der Waals surface area contributed by atoms with Gasteiger partial charge < -0.3 is 10.1 Å². The SMILES string of the molecule is Cc1ccc(OCCNC(=O)c2cccc(S(=O)(=O)Nc3cccc(C)c3)c2)cc1. The Kier molecular flexibility index (Phi) is 6.74. The number of rotatable bonds is 8. The maximum Gasteiger partial charge on any atom is 0.261 e. The van der Waals surface area contributed by atoms with E-state index in [9.17, 15) is 13.2 Å². The Hall–Kier alpha value is -3.32. The first-order chi connectivity index (χ1) is 14.3. The van der Waals surface area contributed by atoms with Gasteiger partial charge in [-0.15, -0.1) is 0 Å². The molecule has 0 bridgehead atoms. The Morgan fingerprint density at radius 3 is 2.37 bits per heavy atom. The normalized spacial score (nSPS) is 11.0. The summed E-state index contributed by atoms with van der Waals surface area (Å²) in [5.41, 5.74) is 2.81. The monoisotopic (exact) mass is 424 g/mol. The van der Waals surface area contributed by atoms with Crippen molar-refractivity contribution in [2.75, 3.05) is 17.9 Å². The summed E-state index contributed by atoms with van der Waals surface area (Å²) in [5.74, 6) is 0.361. The standard InChI is InChI=1S/C23H24N2O4S/c1-17-9-11-21(12-10-17)29-14-13-24-23(26)19-6-4-8-22(16-19)30(27,28)25-20-7-3-5-18(2)15-20/h3-12,15-16,25H,13-14H2,1-2H3,(H,24,26). The Morgan fingerprint density at radius 1 is 0.900 bits per heavy atom. The van der Waals surface area contributed by atoms with Crippen molar-refractivity contribution < 1.29 is 17.9 Å². The summed E-state index contributed by atoms with van der Waals surface area (Å²) in [4.78, 5) is 12.4. The molecular formula is C23H24N2O4S. The molecule has 30 heavy (non-hydrogen) atoms. The van der Waals surface area contributed by atoms with Gasteiger partial charge in [0.15, 0.2) is 0 Å². The maximum atomic E-state index is 12.7. The van der Waals surface area contributed by atoms with E-state index in [1.54, 1.807) is 30.3 Å². The molecule has 0 aliphatic rings. The van der Waals surface area contributed by atoms with E-state index in [0.29, 0.717) is 18.8 Å². The van der Waals surface area contributed by atoms with Crippen LogP contribution in [0.2, 0.25) is 0 Å². The van der Waals surface area contributed by atoms with Gasteiger partial charge in [-0.2, -0.15) is 0 Å². The lowest BCUT2D eigenvalue weighted by Crippen LogP contribution is -2.28. The number of amides is 1. The van der Waals surface area contributed by atoms with Gasteiger partial charge in [-0.05, 0) is 61.9 Å². The zero-order valence-electron chi connectivity index (χ0n) is 16.9. The summed E-state index contributed by atoms with van der Waals surface area (Å²) >= 11 is 0. The van der Waals surface area contributed by atoms with Gasteiger partial charge in [0, 0.05) is 11.3 Å². The number of aryl methyl sites for hydroxylation is 2. The third-order valence-electron chi connectivity index (χ3n) is 4.35. The van der Waals surface area contributed by atoms with Crippen molar-refractivity contribution in [1.82, 2.24) is 5.32 Å². The van der Waals surface area contributed by atoms with Gasteiger partial charge in [-0.25, -0.2) is 8.42 Å². The van der Waals surface area contributed by atoms with Crippen molar-refractivity contribution in [2.24, 2.45) is 0 Å². The third kappa shape index (κ3) is 5.84. The number of anilines is 1. The Bertz CT molecular complexity index is 1130. The molecule has 3 rings (SSSR count). The molecule has 0 radical (unpaired) electrons. The van der Waals surface area contributed by atoms with E-state index in [1.807, 2.05) is 44.2 Å². The number of ether oxygens (including phenoxy) is 1. The van der Waals surface area contributed by atoms with E-state index in [2.05, 4.69) is 10.0 Å². The van der Waals surface area contributed by atoms with E-state index in [0.717, 1.165) is 16.9 Å². The van der Waals surface area contributed by atoms with E-state index in [1.165, 1.54) is 12.1 Å². The number of hydrogen-bond donors (Lipinski definition) is 2. The zero-order chi connectivity index (χ0) is 21.6. The average molecular weight is 425 g/mol. The largest absolute Gasteiger partial charge is 0.492 e. The Balaban J connectivity index is 1.59. The van der Waals surface area contributed by atoms with Crippen LogP contribution in [0.1, 0.15) is 21.5 Å². The molecule has 0 aromatic heterocycles. The molecule has 0 atom stereocenters. The average Bonchev–Trinajstić information content (AvgIpc) is 2.72. The number of hydrogen-bond acceptors (Lipinski definition) is 4. The van der Waals surface area contributed by atoms with Gasteiger partial charge in [-0.1, -0.05) is 35.9 Å². The van der Waals surface area contributed by atoms with Crippen molar-refractivity contribution >= 4 is 21.6 Å². The molecule has 7 heteroatoms. The van der Waals surface area contributed by atoms with Gasteiger partial charge in [0.1, 0.15) is 12.4 Å². The molecule has 0 aliphatic carbocycles. The molecule has 3 aromatic rings. The maximum absolute atomic E-state index is 12.7. The highest BCUT2D eigenvalue weighted by atomic mass is 32.2. The van der Waals surface area contributed by atoms with E-state index >= 15 is 0 Å². The summed E-state index contributed by atoms with van der Waals surface area (Å²) in [6.07, 6.45) is 0. The smallest absolute Gasteiger partial charge is 0.261 e. The molecule has 0 saturated carbocycles. The minimum atomic E-state index is -3.81. The number of carbonyl (C=O) groups excluding carboxylic acids is 1. The van der Waals surface area contributed by atoms with Crippen LogP contribution in [0, 0.1) is 13.8 Å². The predicted octanol–water partition coefficient (Wildman–Crippen LogP) is 3.91. The molecule has 2 N–H and O–H groups in total. The van der Waals surface area contributed by atoms with Crippen LogP contribution in [0.15, 0.2) is 77.7 Å². The van der Waals surface area contributed by atoms with Crippen molar-refractivity contribution in [1.29, 1.82) is 0 Å². The summed E-state index contributed by atoms with van der Waals surface area (Å²) < 4.78 is 33.4. The third-order valence-corrected chi connectivity index (χ3v) is 5.73. The predicted molar refractivity (Wildman–Crippen MR) is 117 cm³/mol. The lowest BCUT2D eigenvalue weighted by molar-refractivity contribution is 0.0947. The highest BCUT2D eigenvalue weighted by Crippen LogP contribution is 2.18. The van der Waals surface area contributed by atoms with Crippen LogP contribution >= 0.6 is 0 Å². The molecule has 0 aliphatic heterocycles. The molecule has 156 valence electrons. The molecule has 1 amide bonds. The van der Waals surface area contributed by atoms with Crippen molar-refractivity contribution in [2.45, 2.75) is 18.7 Å². The highest BCUT2D eigenvalue weighted by Gasteiger charge is 2.16. The minimum absolute atomic E-state index is 0.0209. The fraction of sp³-hybridized carbons (Fsp3) is 0.174. The summed E-state index contributed by atoms with van der Waals surface area (Å²) in [7, 11) is -3.81. The fourth-order valence-corrected chi connectivity index (χ4v) is 3.89. The van der Waals surface area contributed by atoms with Crippen LogP contribution < -0.4 is 14.8 Å². The first-order valence-corrected chi connectivity index (χ1v) is 11.0. The second-order valence-corrected chi connectivity index (χ2v) is 8.60. The van der Waals surface area contributed by atoms with Crippen LogP contribution in [-0.4, -0.2) is 27.5 Å². The lowest BCUT2D eigenvalue weighted by Gasteiger charge is -2.11. The molecule has 0 unspecified atom stereocenters. The first-order valence-electron chi connectivity index (χ1n) is 9.51. The first kappa shape index (κ1) is 21.4. The highest BCUT2D eigenvalue weighted by molar-refractivity contribution is 7.92. The lowest BCUT2D eigenvalue weighted by atomic mass is 10.2. The minimum Gasteiger partial charge on any atom is -0.492 e. The van der Waals surface area contributed by atoms with Gasteiger partial charge in [0.2, 0.25) is 0 Å².